The molecule has 0 unspecified atom stereocenters. The molecule has 10 nitrogen and oxygen atoms in total. The van der Waals surface area contributed by atoms with Gasteiger partial charge in [-0.05, 0) is 27.8 Å². The van der Waals surface area contributed by atoms with Crippen molar-refractivity contribution in [2.24, 2.45) is 0 Å². The molecule has 0 aliphatic rings. The monoisotopic (exact) mass is 327 g/mol. The van der Waals surface area contributed by atoms with E-state index in [1.165, 1.54) is 22.3 Å². The highest BCUT2D eigenvalue weighted by Crippen LogP contribution is 2.21. The van der Waals surface area contributed by atoms with Crippen LogP contribution in [0.3, 0.4) is 0 Å². The Bertz CT molecular complexity index is 1010. The van der Waals surface area contributed by atoms with Crippen LogP contribution in [-0.4, -0.2) is 45.2 Å². The summed E-state index contributed by atoms with van der Waals surface area (Å²) in [6.45, 7) is 0. The Morgan fingerprint density at radius 1 is 1.17 bits per heavy atom. The van der Waals surface area contributed by atoms with E-state index in [9.17, 15) is 4.79 Å². The first-order valence-electron chi connectivity index (χ1n) is 6.57. The zero-order valence-corrected chi connectivity index (χ0v) is 12.4. The molecule has 4 aromatic rings. The summed E-state index contributed by atoms with van der Waals surface area (Å²) >= 11 is 1.38. The van der Waals surface area contributed by atoms with Crippen LogP contribution in [0.15, 0.2) is 46.3 Å². The second-order valence-corrected chi connectivity index (χ2v) is 5.46. The van der Waals surface area contributed by atoms with E-state index >= 15 is 0 Å². The number of benzene rings is 1. The zero-order valence-electron chi connectivity index (χ0n) is 11.6. The number of H-pyrrole nitrogens is 1. The smallest absolute Gasteiger partial charge is 0.267 e. The van der Waals surface area contributed by atoms with Crippen molar-refractivity contribution in [3.8, 4) is 5.69 Å². The van der Waals surface area contributed by atoms with Gasteiger partial charge in [0.15, 0.2) is 0 Å². The SMILES string of the molecule is O=c1cc(CSc2nnnn2-c2ccccc2)nc2nn[nH]n12. The number of tetrazole rings is 2. The van der Waals surface area contributed by atoms with E-state index in [1.54, 1.807) is 4.68 Å². The van der Waals surface area contributed by atoms with Crippen molar-refractivity contribution >= 4 is 17.5 Å². The van der Waals surface area contributed by atoms with Crippen molar-refractivity contribution < 1.29 is 0 Å². The predicted octanol–water partition coefficient (Wildman–Crippen LogP) is 0.0806. The van der Waals surface area contributed by atoms with Crippen molar-refractivity contribution in [3.63, 3.8) is 0 Å². The Hall–Kier alpha value is -3.08. The third-order valence-corrected chi connectivity index (χ3v) is 3.98. The molecular weight excluding hydrogens is 318 g/mol. The lowest BCUT2D eigenvalue weighted by molar-refractivity contribution is 0.756. The van der Waals surface area contributed by atoms with E-state index in [2.05, 4.69) is 36.0 Å². The number of rotatable bonds is 4. The van der Waals surface area contributed by atoms with E-state index in [0.717, 1.165) is 5.69 Å². The van der Waals surface area contributed by atoms with Crippen molar-refractivity contribution in [1.29, 1.82) is 0 Å². The predicted molar refractivity (Wildman–Crippen MR) is 80.1 cm³/mol. The summed E-state index contributed by atoms with van der Waals surface area (Å²) in [5.41, 5.74) is 1.18. The molecule has 114 valence electrons. The second-order valence-electron chi connectivity index (χ2n) is 4.52. The van der Waals surface area contributed by atoms with E-state index in [0.29, 0.717) is 16.6 Å². The van der Waals surface area contributed by atoms with Crippen LogP contribution in [0.25, 0.3) is 11.5 Å². The largest absolute Gasteiger partial charge is 0.275 e. The molecule has 0 bridgehead atoms. The Kier molecular flexibility index (Phi) is 3.31. The average Bonchev–Trinajstić information content (AvgIpc) is 3.23. The summed E-state index contributed by atoms with van der Waals surface area (Å²) in [6.07, 6.45) is 0. The lowest BCUT2D eigenvalue weighted by Gasteiger charge is -2.03. The van der Waals surface area contributed by atoms with Gasteiger partial charge in [-0.3, -0.25) is 4.79 Å². The van der Waals surface area contributed by atoms with Crippen molar-refractivity contribution in [3.05, 3.63) is 52.4 Å². The van der Waals surface area contributed by atoms with E-state index in [1.807, 2.05) is 30.3 Å². The van der Waals surface area contributed by atoms with Crippen molar-refractivity contribution in [2.45, 2.75) is 10.9 Å². The molecule has 0 aliphatic carbocycles. The molecule has 0 saturated carbocycles. The third kappa shape index (κ3) is 2.57. The molecule has 0 atom stereocenters. The molecule has 0 fully saturated rings. The fourth-order valence-electron chi connectivity index (χ4n) is 2.00. The lowest BCUT2D eigenvalue weighted by Crippen LogP contribution is -2.15. The number of nitrogens with one attached hydrogen (secondary N) is 1. The first-order valence-corrected chi connectivity index (χ1v) is 7.56. The molecular formula is C12H9N9OS. The van der Waals surface area contributed by atoms with Gasteiger partial charge in [-0.2, -0.15) is 14.4 Å². The van der Waals surface area contributed by atoms with Gasteiger partial charge in [-0.25, -0.2) is 4.98 Å². The Labute approximate surface area is 132 Å². The van der Waals surface area contributed by atoms with Gasteiger partial charge in [-0.15, -0.1) is 5.10 Å². The molecule has 0 saturated heterocycles. The number of aromatic nitrogens is 9. The molecule has 4 rings (SSSR count). The Morgan fingerprint density at radius 3 is 2.91 bits per heavy atom. The quantitative estimate of drug-likeness (QED) is 0.523. The molecule has 0 radical (unpaired) electrons. The summed E-state index contributed by atoms with van der Waals surface area (Å²) in [5, 5.41) is 22.0. The standard InChI is InChI=1S/C12H9N9OS/c22-10-6-8(13-11-14-16-19-21(10)11)7-23-12-15-17-18-20(12)9-4-2-1-3-5-9/h1-6H,7H2,(H,13,14,19). The van der Waals surface area contributed by atoms with Crippen LogP contribution in [0.4, 0.5) is 0 Å². The molecule has 0 aliphatic heterocycles. The van der Waals surface area contributed by atoms with Crippen LogP contribution in [0.2, 0.25) is 0 Å². The van der Waals surface area contributed by atoms with Gasteiger partial charge in [0, 0.05) is 11.8 Å². The average molecular weight is 327 g/mol. The minimum Gasteiger partial charge on any atom is -0.267 e. The van der Waals surface area contributed by atoms with Gasteiger partial charge in [0.05, 0.1) is 11.4 Å². The first-order chi connectivity index (χ1) is 11.3. The van der Waals surface area contributed by atoms with Crippen LogP contribution in [0, 0.1) is 0 Å². The maximum atomic E-state index is 11.9. The maximum absolute atomic E-state index is 11.9. The van der Waals surface area contributed by atoms with Crippen LogP contribution in [-0.2, 0) is 5.75 Å². The van der Waals surface area contributed by atoms with Gasteiger partial charge in [-0.1, -0.05) is 35.1 Å². The summed E-state index contributed by atoms with van der Waals surface area (Å²) in [4.78, 5) is 16.1. The van der Waals surface area contributed by atoms with E-state index in [-0.39, 0.29) is 11.3 Å². The molecule has 3 heterocycles. The number of hydrogen-bond donors (Lipinski definition) is 1. The molecule has 23 heavy (non-hydrogen) atoms. The summed E-state index contributed by atoms with van der Waals surface area (Å²) in [7, 11) is 0. The molecule has 1 N–H and O–H groups in total. The van der Waals surface area contributed by atoms with Gasteiger partial charge in [0.2, 0.25) is 5.16 Å². The van der Waals surface area contributed by atoms with Crippen LogP contribution >= 0.6 is 11.8 Å². The van der Waals surface area contributed by atoms with Crippen LogP contribution < -0.4 is 5.56 Å². The number of aromatic amines is 1. The minimum absolute atomic E-state index is 0.232. The molecule has 1 aromatic carbocycles. The summed E-state index contributed by atoms with van der Waals surface area (Å²) < 4.78 is 2.80. The van der Waals surface area contributed by atoms with Gasteiger partial charge < -0.3 is 0 Å². The van der Waals surface area contributed by atoms with Gasteiger partial charge >= 0.3 is 0 Å². The minimum atomic E-state index is -0.266. The summed E-state index contributed by atoms with van der Waals surface area (Å²) in [6, 6.07) is 11.0. The van der Waals surface area contributed by atoms with Crippen molar-refractivity contribution in [2.75, 3.05) is 0 Å². The maximum Gasteiger partial charge on any atom is 0.275 e. The van der Waals surface area contributed by atoms with Crippen LogP contribution in [0.1, 0.15) is 5.69 Å². The molecule has 3 aromatic heterocycles. The molecule has 0 spiro atoms. The first kappa shape index (κ1) is 13.6. The number of nitrogens with zero attached hydrogens (tertiary/aromatic N) is 8. The highest BCUT2D eigenvalue weighted by molar-refractivity contribution is 7.98. The van der Waals surface area contributed by atoms with E-state index in [4.69, 9.17) is 0 Å². The lowest BCUT2D eigenvalue weighted by atomic mass is 10.3. The van der Waals surface area contributed by atoms with Crippen LogP contribution in [0.5, 0.6) is 0 Å². The second kappa shape index (κ2) is 5.61. The molecule has 0 amide bonds. The number of fused-ring (bicyclic) bond motifs is 1. The fourth-order valence-corrected chi connectivity index (χ4v) is 2.79. The number of para-hydroxylation sites is 1. The van der Waals surface area contributed by atoms with Gasteiger partial charge in [0.1, 0.15) is 0 Å². The molecule has 11 heteroatoms. The number of hydrogen-bond acceptors (Lipinski definition) is 8. The highest BCUT2D eigenvalue weighted by atomic mass is 32.2. The zero-order chi connectivity index (χ0) is 15.6. The number of thioether (sulfide) groups is 1. The highest BCUT2D eigenvalue weighted by Gasteiger charge is 2.11. The Morgan fingerprint density at radius 2 is 2.04 bits per heavy atom. The normalized spacial score (nSPS) is 11.1. The fraction of sp³-hybridized carbons (Fsp3) is 0.0833. The van der Waals surface area contributed by atoms with Crippen molar-refractivity contribution in [1.82, 2.24) is 45.2 Å². The topological polar surface area (TPSA) is 120 Å². The third-order valence-electron chi connectivity index (χ3n) is 3.03. The van der Waals surface area contributed by atoms with Gasteiger partial charge in [0.25, 0.3) is 11.3 Å². The van der Waals surface area contributed by atoms with E-state index < -0.39 is 0 Å². The Balaban J connectivity index is 1.60. The summed E-state index contributed by atoms with van der Waals surface area (Å²) in [5.74, 6) is 0.668.